The van der Waals surface area contributed by atoms with Gasteiger partial charge in [0.05, 0.1) is 11.3 Å². The maximum Gasteiger partial charge on any atom is 0.256 e. The quantitative estimate of drug-likeness (QED) is 0.460. The zero-order chi connectivity index (χ0) is 22.1. The molecule has 1 saturated heterocycles. The molecular formula is C26H24ClN3OS. The summed E-state index contributed by atoms with van der Waals surface area (Å²) >= 11 is 7.84. The third kappa shape index (κ3) is 3.96. The smallest absolute Gasteiger partial charge is 0.256 e. The molecule has 32 heavy (non-hydrogen) atoms. The summed E-state index contributed by atoms with van der Waals surface area (Å²) < 4.78 is 0. The van der Waals surface area contributed by atoms with E-state index >= 15 is 0 Å². The fourth-order valence-electron chi connectivity index (χ4n) is 4.75. The molecule has 3 heterocycles. The van der Waals surface area contributed by atoms with Crippen LogP contribution in [0.2, 0.25) is 5.02 Å². The Morgan fingerprint density at radius 2 is 1.72 bits per heavy atom. The van der Waals surface area contributed by atoms with Crippen LogP contribution in [0.3, 0.4) is 0 Å². The molecule has 0 bridgehead atoms. The summed E-state index contributed by atoms with van der Waals surface area (Å²) in [6.45, 7) is 1.40. The Morgan fingerprint density at radius 1 is 0.969 bits per heavy atom. The first-order valence-corrected chi connectivity index (χ1v) is 12.5. The van der Waals surface area contributed by atoms with Crippen molar-refractivity contribution in [2.45, 2.75) is 30.7 Å². The number of pyridine rings is 2. The molecule has 0 radical (unpaired) electrons. The first kappa shape index (κ1) is 21.2. The summed E-state index contributed by atoms with van der Waals surface area (Å²) in [6, 6.07) is 14.1. The third-order valence-corrected chi connectivity index (χ3v) is 7.28. The molecular weight excluding hydrogens is 438 g/mol. The molecule has 162 valence electrons. The van der Waals surface area contributed by atoms with Gasteiger partial charge in [-0.05, 0) is 79.0 Å². The molecule has 2 aliphatic rings. The van der Waals surface area contributed by atoms with Crippen LogP contribution in [0.4, 0.5) is 0 Å². The standard InChI is InChI=1S/C26H24ClN3OS/c1-32-25-22(5-3-13-29-25)26(31)30-14-10-17(11-15-30)23-21-9-8-20(27)16-19(21)7-6-18-4-2-12-28-24(18)23/h2-5,8-9,12-13,16H,6-7,10-11,14-15H2,1H3. The van der Waals surface area contributed by atoms with E-state index in [1.807, 2.05) is 41.6 Å². The highest BCUT2D eigenvalue weighted by Gasteiger charge is 2.27. The molecule has 4 nitrogen and oxygen atoms in total. The molecule has 3 aromatic rings. The topological polar surface area (TPSA) is 46.1 Å². The Hall–Kier alpha value is -2.63. The predicted octanol–water partition coefficient (Wildman–Crippen LogP) is 5.69. The molecule has 1 aliphatic carbocycles. The van der Waals surface area contributed by atoms with E-state index in [-0.39, 0.29) is 5.91 Å². The second-order valence-electron chi connectivity index (χ2n) is 8.14. The number of aryl methyl sites for hydroxylation is 2. The van der Waals surface area contributed by atoms with Crippen molar-refractivity contribution in [1.82, 2.24) is 14.9 Å². The van der Waals surface area contributed by atoms with E-state index in [9.17, 15) is 4.79 Å². The van der Waals surface area contributed by atoms with Gasteiger partial charge in [0.25, 0.3) is 5.91 Å². The molecule has 2 aromatic heterocycles. The van der Waals surface area contributed by atoms with Crippen molar-refractivity contribution < 1.29 is 4.79 Å². The number of benzene rings is 1. The lowest BCUT2D eigenvalue weighted by Gasteiger charge is -2.30. The molecule has 5 rings (SSSR count). The summed E-state index contributed by atoms with van der Waals surface area (Å²) in [5, 5.41) is 1.56. The average molecular weight is 462 g/mol. The molecule has 1 amide bonds. The highest BCUT2D eigenvalue weighted by Crippen LogP contribution is 2.38. The Balaban J connectivity index is 1.50. The minimum atomic E-state index is 0.0677. The molecule has 1 aliphatic heterocycles. The summed E-state index contributed by atoms with van der Waals surface area (Å²) in [5.41, 5.74) is 8.17. The van der Waals surface area contributed by atoms with Crippen molar-refractivity contribution in [1.29, 1.82) is 0 Å². The second kappa shape index (κ2) is 9.08. The van der Waals surface area contributed by atoms with Gasteiger partial charge in [-0.25, -0.2) is 4.98 Å². The number of rotatable bonds is 2. The number of carbonyl (C=O) groups is 1. The summed E-state index contributed by atoms with van der Waals surface area (Å²) in [6.07, 6.45) is 9.16. The first-order valence-electron chi connectivity index (χ1n) is 10.9. The molecule has 1 aromatic carbocycles. The number of piperidine rings is 1. The predicted molar refractivity (Wildman–Crippen MR) is 130 cm³/mol. The van der Waals surface area contributed by atoms with Crippen molar-refractivity contribution in [3.05, 3.63) is 93.4 Å². The largest absolute Gasteiger partial charge is 0.338 e. The number of hydrogen-bond donors (Lipinski definition) is 0. The number of hydrogen-bond acceptors (Lipinski definition) is 4. The van der Waals surface area contributed by atoms with Gasteiger partial charge in [0, 0.05) is 36.1 Å². The molecule has 0 N–H and O–H groups in total. The van der Waals surface area contributed by atoms with E-state index in [1.165, 1.54) is 39.6 Å². The van der Waals surface area contributed by atoms with Crippen LogP contribution >= 0.6 is 23.4 Å². The highest BCUT2D eigenvalue weighted by atomic mass is 35.5. The number of thioether (sulfide) groups is 1. The lowest BCUT2D eigenvalue weighted by atomic mass is 9.88. The van der Waals surface area contributed by atoms with Crippen molar-refractivity contribution >= 4 is 34.8 Å². The minimum Gasteiger partial charge on any atom is -0.338 e. The van der Waals surface area contributed by atoms with E-state index in [0.717, 1.165) is 41.4 Å². The van der Waals surface area contributed by atoms with Gasteiger partial charge < -0.3 is 4.90 Å². The molecule has 0 unspecified atom stereocenters. The van der Waals surface area contributed by atoms with Gasteiger partial charge in [-0.15, -0.1) is 11.8 Å². The maximum atomic E-state index is 13.2. The van der Waals surface area contributed by atoms with Crippen molar-refractivity contribution in [2.75, 3.05) is 19.3 Å². The Morgan fingerprint density at radius 3 is 2.53 bits per heavy atom. The van der Waals surface area contributed by atoms with E-state index in [1.54, 1.807) is 6.20 Å². The van der Waals surface area contributed by atoms with Crippen molar-refractivity contribution in [2.24, 2.45) is 0 Å². The fraction of sp³-hybridized carbons (Fsp3) is 0.269. The van der Waals surface area contributed by atoms with Crippen LogP contribution < -0.4 is 0 Å². The molecule has 0 spiro atoms. The van der Waals surface area contributed by atoms with E-state index in [0.29, 0.717) is 18.7 Å². The zero-order valence-corrected chi connectivity index (χ0v) is 19.5. The van der Waals surface area contributed by atoms with Crippen LogP contribution in [0.15, 0.2) is 65.5 Å². The highest BCUT2D eigenvalue weighted by molar-refractivity contribution is 7.98. The van der Waals surface area contributed by atoms with Crippen molar-refractivity contribution in [3.63, 3.8) is 0 Å². The van der Waals surface area contributed by atoms with Gasteiger partial charge in [0.2, 0.25) is 0 Å². The van der Waals surface area contributed by atoms with Crippen LogP contribution in [0.5, 0.6) is 0 Å². The number of halogens is 1. The lowest BCUT2D eigenvalue weighted by molar-refractivity contribution is 0.0739. The first-order chi connectivity index (χ1) is 15.7. The van der Waals surface area contributed by atoms with Crippen molar-refractivity contribution in [3.8, 4) is 0 Å². The molecule has 6 heteroatoms. The summed E-state index contributed by atoms with van der Waals surface area (Å²) in [7, 11) is 0. The minimum absolute atomic E-state index is 0.0677. The van der Waals surface area contributed by atoms with Crippen LogP contribution in [-0.2, 0) is 12.8 Å². The Labute approximate surface area is 197 Å². The SMILES string of the molecule is CSc1ncccc1C(=O)N1CCC(=C2c3ccc(Cl)cc3CCc3cccnc32)CC1. The fourth-order valence-corrected chi connectivity index (χ4v) is 5.49. The number of aromatic nitrogens is 2. The van der Waals surface area contributed by atoms with Crippen LogP contribution in [0, 0.1) is 0 Å². The number of nitrogens with zero attached hydrogens (tertiary/aromatic N) is 3. The number of carbonyl (C=O) groups excluding carboxylic acids is 1. The van der Waals surface area contributed by atoms with E-state index in [2.05, 4.69) is 23.2 Å². The normalized spacial score (nSPS) is 15.8. The Kier molecular flexibility index (Phi) is 6.03. The molecule has 0 saturated carbocycles. The number of amides is 1. The number of likely N-dealkylation sites (tertiary alicyclic amines) is 1. The van der Waals surface area contributed by atoms with Gasteiger partial charge in [-0.2, -0.15) is 0 Å². The average Bonchev–Trinajstić information content (AvgIpc) is 3.00. The van der Waals surface area contributed by atoms with Gasteiger partial charge in [-0.1, -0.05) is 29.3 Å². The van der Waals surface area contributed by atoms with Gasteiger partial charge in [0.15, 0.2) is 0 Å². The van der Waals surface area contributed by atoms with Gasteiger partial charge in [0.1, 0.15) is 5.03 Å². The van der Waals surface area contributed by atoms with Crippen LogP contribution in [0.1, 0.15) is 45.6 Å². The van der Waals surface area contributed by atoms with Gasteiger partial charge in [-0.3, -0.25) is 9.78 Å². The van der Waals surface area contributed by atoms with Crippen LogP contribution in [-0.4, -0.2) is 40.1 Å². The van der Waals surface area contributed by atoms with Crippen LogP contribution in [0.25, 0.3) is 5.57 Å². The second-order valence-corrected chi connectivity index (χ2v) is 9.37. The van der Waals surface area contributed by atoms with E-state index in [4.69, 9.17) is 16.6 Å². The Bertz CT molecular complexity index is 1210. The molecule has 0 atom stereocenters. The lowest BCUT2D eigenvalue weighted by Crippen LogP contribution is -2.37. The van der Waals surface area contributed by atoms with E-state index < -0.39 is 0 Å². The summed E-state index contributed by atoms with van der Waals surface area (Å²) in [4.78, 5) is 24.3. The molecule has 1 fully saturated rings. The monoisotopic (exact) mass is 461 g/mol. The zero-order valence-electron chi connectivity index (χ0n) is 18.0. The summed E-state index contributed by atoms with van der Waals surface area (Å²) in [5.74, 6) is 0.0677. The third-order valence-electron chi connectivity index (χ3n) is 6.33. The van der Waals surface area contributed by atoms with Gasteiger partial charge >= 0.3 is 0 Å². The maximum absolute atomic E-state index is 13.2. The number of fused-ring (bicyclic) bond motifs is 2.